The summed E-state index contributed by atoms with van der Waals surface area (Å²) >= 11 is 0. The molecule has 5 heteroatoms. The topological polar surface area (TPSA) is 66.0 Å². The van der Waals surface area contributed by atoms with Gasteiger partial charge < -0.3 is 15.0 Å². The highest BCUT2D eigenvalue weighted by Gasteiger charge is 2.20. The number of nitrogen functional groups attached to an aromatic ring is 1. The Kier molecular flexibility index (Phi) is 2.53. The van der Waals surface area contributed by atoms with E-state index in [0.717, 1.165) is 30.9 Å². The van der Waals surface area contributed by atoms with Gasteiger partial charge in [0.15, 0.2) is 0 Å². The third-order valence-corrected chi connectivity index (χ3v) is 3.08. The molecule has 0 bridgehead atoms. The summed E-state index contributed by atoms with van der Waals surface area (Å²) in [5.74, 6) is 0.535. The molecule has 1 fully saturated rings. The van der Waals surface area contributed by atoms with Crippen molar-refractivity contribution in [1.82, 2.24) is 14.5 Å². The number of aromatic nitrogens is 3. The molecule has 0 spiro atoms. The zero-order chi connectivity index (χ0) is 11.7. The fourth-order valence-electron chi connectivity index (χ4n) is 2.18. The highest BCUT2D eigenvalue weighted by molar-refractivity contribution is 5.70. The van der Waals surface area contributed by atoms with Crippen LogP contribution in [0, 0.1) is 0 Å². The van der Waals surface area contributed by atoms with E-state index in [0.29, 0.717) is 11.9 Å². The van der Waals surface area contributed by atoms with Crippen LogP contribution in [0.1, 0.15) is 12.5 Å². The maximum atomic E-state index is 5.90. The van der Waals surface area contributed by atoms with Crippen LogP contribution >= 0.6 is 0 Å². The highest BCUT2D eigenvalue weighted by Crippen LogP contribution is 2.29. The number of hydrogen-bond acceptors (Lipinski definition) is 4. The first-order valence-electron chi connectivity index (χ1n) is 5.66. The van der Waals surface area contributed by atoms with Gasteiger partial charge in [-0.05, 0) is 18.6 Å². The molecule has 1 aliphatic heterocycles. The van der Waals surface area contributed by atoms with Crippen molar-refractivity contribution in [2.24, 2.45) is 0 Å². The van der Waals surface area contributed by atoms with Crippen molar-refractivity contribution in [2.75, 3.05) is 18.9 Å². The number of nitrogens with zero attached hydrogens (tertiary/aromatic N) is 3. The number of pyridine rings is 1. The van der Waals surface area contributed by atoms with E-state index in [1.165, 1.54) is 0 Å². The van der Waals surface area contributed by atoms with Crippen molar-refractivity contribution in [2.45, 2.75) is 12.5 Å². The van der Waals surface area contributed by atoms with Crippen molar-refractivity contribution < 1.29 is 4.74 Å². The van der Waals surface area contributed by atoms with Gasteiger partial charge in [-0.1, -0.05) is 0 Å². The van der Waals surface area contributed by atoms with Crippen LogP contribution in [0.5, 0.6) is 0 Å². The molecule has 1 aliphatic rings. The van der Waals surface area contributed by atoms with Gasteiger partial charge >= 0.3 is 0 Å². The molecule has 2 aromatic heterocycles. The van der Waals surface area contributed by atoms with Crippen LogP contribution in [-0.4, -0.2) is 27.7 Å². The van der Waals surface area contributed by atoms with Gasteiger partial charge in [0.05, 0.1) is 30.9 Å². The smallest absolute Gasteiger partial charge is 0.132 e. The minimum Gasteiger partial charge on any atom is -0.383 e. The zero-order valence-electron chi connectivity index (χ0n) is 9.41. The number of imidazole rings is 1. The summed E-state index contributed by atoms with van der Waals surface area (Å²) in [5.41, 5.74) is 7.83. The molecule has 3 rings (SSSR count). The maximum Gasteiger partial charge on any atom is 0.132 e. The Hall–Kier alpha value is -1.88. The third kappa shape index (κ3) is 1.78. The van der Waals surface area contributed by atoms with E-state index in [2.05, 4.69) is 14.5 Å². The summed E-state index contributed by atoms with van der Waals surface area (Å²) in [6, 6.07) is 4.20. The van der Waals surface area contributed by atoms with Gasteiger partial charge in [0.2, 0.25) is 0 Å². The molecule has 2 aromatic rings. The lowest BCUT2D eigenvalue weighted by molar-refractivity contribution is 0.187. The lowest BCUT2D eigenvalue weighted by Gasteiger charge is -2.14. The van der Waals surface area contributed by atoms with Gasteiger partial charge in [0.25, 0.3) is 0 Å². The molecule has 1 unspecified atom stereocenters. The average molecular weight is 230 g/mol. The molecule has 88 valence electrons. The summed E-state index contributed by atoms with van der Waals surface area (Å²) < 4.78 is 7.53. The van der Waals surface area contributed by atoms with Crippen LogP contribution in [-0.2, 0) is 4.74 Å². The highest BCUT2D eigenvalue weighted by atomic mass is 16.5. The standard InChI is InChI=1S/C12H14N4O/c13-12-10(2-1-4-15-12)11-6-14-8-16(11)9-3-5-17-7-9/h1-2,4,6,8-9H,3,5,7H2,(H2,13,15). The van der Waals surface area contributed by atoms with Gasteiger partial charge in [-0.15, -0.1) is 0 Å². The second-order valence-electron chi connectivity index (χ2n) is 4.14. The first-order chi connectivity index (χ1) is 8.36. The molecule has 5 nitrogen and oxygen atoms in total. The molecule has 1 atom stereocenters. The van der Waals surface area contributed by atoms with Crippen molar-refractivity contribution in [1.29, 1.82) is 0 Å². The van der Waals surface area contributed by atoms with Gasteiger partial charge in [-0.25, -0.2) is 9.97 Å². The van der Waals surface area contributed by atoms with E-state index in [-0.39, 0.29) is 0 Å². The SMILES string of the molecule is Nc1ncccc1-c1cncn1C1CCOC1. The zero-order valence-corrected chi connectivity index (χ0v) is 9.41. The molecule has 0 amide bonds. The Labute approximate surface area is 99.3 Å². The van der Waals surface area contributed by atoms with Crippen LogP contribution in [0.3, 0.4) is 0 Å². The van der Waals surface area contributed by atoms with Gasteiger partial charge in [-0.3, -0.25) is 0 Å². The van der Waals surface area contributed by atoms with Crippen LogP contribution in [0.2, 0.25) is 0 Å². The van der Waals surface area contributed by atoms with E-state index in [9.17, 15) is 0 Å². The Morgan fingerprint density at radius 3 is 3.18 bits per heavy atom. The van der Waals surface area contributed by atoms with E-state index < -0.39 is 0 Å². The first-order valence-corrected chi connectivity index (χ1v) is 5.66. The monoisotopic (exact) mass is 230 g/mol. The molecule has 0 radical (unpaired) electrons. The molecule has 0 aliphatic carbocycles. The van der Waals surface area contributed by atoms with E-state index >= 15 is 0 Å². The van der Waals surface area contributed by atoms with Crippen molar-refractivity contribution in [3.8, 4) is 11.3 Å². The Morgan fingerprint density at radius 2 is 2.41 bits per heavy atom. The fraction of sp³-hybridized carbons (Fsp3) is 0.333. The summed E-state index contributed by atoms with van der Waals surface area (Å²) in [4.78, 5) is 8.32. The largest absolute Gasteiger partial charge is 0.383 e. The quantitative estimate of drug-likeness (QED) is 0.848. The Bertz CT molecular complexity index is 517. The summed E-state index contributed by atoms with van der Waals surface area (Å²) in [5, 5.41) is 0. The number of ether oxygens (including phenoxy) is 1. The number of anilines is 1. The molecule has 1 saturated heterocycles. The predicted molar refractivity (Wildman–Crippen MR) is 64.3 cm³/mol. The van der Waals surface area contributed by atoms with Gasteiger partial charge in [0, 0.05) is 18.4 Å². The van der Waals surface area contributed by atoms with Gasteiger partial charge in [-0.2, -0.15) is 0 Å². The third-order valence-electron chi connectivity index (χ3n) is 3.08. The second kappa shape index (κ2) is 4.18. The molecule has 0 saturated carbocycles. The molecular formula is C12H14N4O. The normalized spacial score (nSPS) is 19.6. The minimum atomic E-state index is 0.354. The molecule has 2 N–H and O–H groups in total. The van der Waals surface area contributed by atoms with E-state index in [1.54, 1.807) is 6.20 Å². The summed E-state index contributed by atoms with van der Waals surface area (Å²) in [7, 11) is 0. The fourth-order valence-corrected chi connectivity index (χ4v) is 2.18. The van der Waals surface area contributed by atoms with Gasteiger partial charge in [0.1, 0.15) is 5.82 Å². The Morgan fingerprint density at radius 1 is 1.47 bits per heavy atom. The molecular weight excluding hydrogens is 216 g/mol. The summed E-state index contributed by atoms with van der Waals surface area (Å²) in [6.07, 6.45) is 6.37. The van der Waals surface area contributed by atoms with Crippen LogP contribution in [0.25, 0.3) is 11.3 Å². The van der Waals surface area contributed by atoms with E-state index in [1.807, 2.05) is 24.7 Å². The second-order valence-corrected chi connectivity index (χ2v) is 4.14. The van der Waals surface area contributed by atoms with Crippen LogP contribution in [0.4, 0.5) is 5.82 Å². The summed E-state index contributed by atoms with van der Waals surface area (Å²) in [6.45, 7) is 1.55. The number of hydrogen-bond donors (Lipinski definition) is 1. The van der Waals surface area contributed by atoms with Crippen molar-refractivity contribution in [3.63, 3.8) is 0 Å². The first kappa shape index (κ1) is 10.3. The number of nitrogens with two attached hydrogens (primary N) is 1. The average Bonchev–Trinajstić information content (AvgIpc) is 3.00. The lowest BCUT2D eigenvalue weighted by atomic mass is 10.1. The molecule has 3 heterocycles. The van der Waals surface area contributed by atoms with Crippen LogP contribution in [0.15, 0.2) is 30.9 Å². The Balaban J connectivity index is 2.04. The van der Waals surface area contributed by atoms with Crippen molar-refractivity contribution >= 4 is 5.82 Å². The minimum absolute atomic E-state index is 0.354. The van der Waals surface area contributed by atoms with Crippen molar-refractivity contribution in [3.05, 3.63) is 30.9 Å². The van der Waals surface area contributed by atoms with Crippen LogP contribution < -0.4 is 5.73 Å². The molecule has 0 aromatic carbocycles. The molecule has 17 heavy (non-hydrogen) atoms. The van der Waals surface area contributed by atoms with E-state index in [4.69, 9.17) is 10.5 Å². The number of rotatable bonds is 2. The lowest BCUT2D eigenvalue weighted by Crippen LogP contribution is -2.09. The maximum absolute atomic E-state index is 5.90. The predicted octanol–water partition coefficient (Wildman–Crippen LogP) is 1.49.